The molecule has 1 aliphatic rings. The SMILES string of the molecule is NC1CCC(c2nnc(COc3ccc(Cl)cc3)o2)CC1.O=C(O)C(F)(F)F. The van der Waals surface area contributed by atoms with Gasteiger partial charge in [-0.1, -0.05) is 11.6 Å². The highest BCUT2D eigenvalue weighted by Gasteiger charge is 2.38. The topological polar surface area (TPSA) is 111 Å². The molecule has 3 N–H and O–H groups in total. The fourth-order valence-corrected chi connectivity index (χ4v) is 2.66. The van der Waals surface area contributed by atoms with Crippen LogP contribution >= 0.6 is 11.6 Å². The summed E-state index contributed by atoms with van der Waals surface area (Å²) < 4.78 is 43.0. The predicted octanol–water partition coefficient (Wildman–Crippen LogP) is 3.92. The summed E-state index contributed by atoms with van der Waals surface area (Å²) in [7, 11) is 0. The molecule has 2 aromatic rings. The minimum absolute atomic E-state index is 0.265. The van der Waals surface area contributed by atoms with Crippen molar-refractivity contribution in [2.45, 2.75) is 50.4 Å². The smallest absolute Gasteiger partial charge is 0.484 e. The fourth-order valence-electron chi connectivity index (χ4n) is 2.53. The monoisotopic (exact) mass is 421 g/mol. The van der Waals surface area contributed by atoms with Gasteiger partial charge in [-0.2, -0.15) is 13.2 Å². The number of halogens is 4. The van der Waals surface area contributed by atoms with E-state index in [1.54, 1.807) is 12.1 Å². The first kappa shape index (κ1) is 22.0. The number of nitrogens with zero attached hydrogens (tertiary/aromatic N) is 2. The van der Waals surface area contributed by atoms with Crippen LogP contribution in [0.1, 0.15) is 43.4 Å². The molecule has 1 aliphatic carbocycles. The Bertz CT molecular complexity index is 760. The largest absolute Gasteiger partial charge is 0.490 e. The predicted molar refractivity (Wildman–Crippen MR) is 93.0 cm³/mol. The number of aliphatic carboxylic acids is 1. The van der Waals surface area contributed by atoms with Crippen LogP contribution in [0.25, 0.3) is 0 Å². The van der Waals surface area contributed by atoms with Gasteiger partial charge in [-0.05, 0) is 49.9 Å². The van der Waals surface area contributed by atoms with E-state index in [0.29, 0.717) is 28.8 Å². The van der Waals surface area contributed by atoms with Crippen molar-refractivity contribution in [1.29, 1.82) is 0 Å². The van der Waals surface area contributed by atoms with E-state index in [9.17, 15) is 13.2 Å². The highest BCUT2D eigenvalue weighted by molar-refractivity contribution is 6.30. The highest BCUT2D eigenvalue weighted by Crippen LogP contribution is 2.31. The number of carboxylic acids is 1. The van der Waals surface area contributed by atoms with Crippen molar-refractivity contribution in [3.05, 3.63) is 41.1 Å². The molecule has 0 spiro atoms. The Balaban J connectivity index is 0.000000345. The number of carboxylic acid groups (broad SMARTS) is 1. The molecule has 0 unspecified atom stereocenters. The summed E-state index contributed by atoms with van der Waals surface area (Å²) in [6, 6.07) is 7.49. The number of rotatable bonds is 4. The van der Waals surface area contributed by atoms with Gasteiger partial charge < -0.3 is 20.0 Å². The molecule has 7 nitrogen and oxygen atoms in total. The molecule has 3 rings (SSSR count). The lowest BCUT2D eigenvalue weighted by atomic mass is 9.86. The van der Waals surface area contributed by atoms with Gasteiger partial charge in [0, 0.05) is 17.0 Å². The van der Waals surface area contributed by atoms with Crippen molar-refractivity contribution in [3.8, 4) is 5.75 Å². The maximum Gasteiger partial charge on any atom is 0.490 e. The first-order valence-electron chi connectivity index (χ1n) is 8.41. The number of carbonyl (C=O) groups is 1. The van der Waals surface area contributed by atoms with Gasteiger partial charge >= 0.3 is 12.1 Å². The second-order valence-corrected chi connectivity index (χ2v) is 6.63. The Morgan fingerprint density at radius 3 is 2.32 bits per heavy atom. The minimum Gasteiger partial charge on any atom is -0.484 e. The van der Waals surface area contributed by atoms with E-state index in [1.807, 2.05) is 12.1 Å². The molecule has 1 aromatic carbocycles. The molecule has 0 aliphatic heterocycles. The third-order valence-corrected chi connectivity index (χ3v) is 4.27. The number of hydrogen-bond donors (Lipinski definition) is 2. The normalized spacial score (nSPS) is 19.5. The van der Waals surface area contributed by atoms with E-state index in [0.717, 1.165) is 31.4 Å². The van der Waals surface area contributed by atoms with Crippen LogP contribution in [-0.2, 0) is 11.4 Å². The minimum atomic E-state index is -5.08. The van der Waals surface area contributed by atoms with Crippen LogP contribution in [0.4, 0.5) is 13.2 Å². The lowest BCUT2D eigenvalue weighted by molar-refractivity contribution is -0.192. The van der Waals surface area contributed by atoms with Gasteiger partial charge in [-0.25, -0.2) is 4.79 Å². The second kappa shape index (κ2) is 9.74. The first-order valence-corrected chi connectivity index (χ1v) is 8.79. The fraction of sp³-hybridized carbons (Fsp3) is 0.471. The molecule has 1 saturated carbocycles. The summed E-state index contributed by atoms with van der Waals surface area (Å²) >= 11 is 5.82. The standard InChI is InChI=1S/C15H18ClN3O2.C2HF3O2/c16-11-3-7-13(8-4-11)20-9-14-18-19-15(21-14)10-1-5-12(17)6-2-10;3-2(4,5)1(6)7/h3-4,7-8,10,12H,1-2,5-6,9,17H2;(H,6,7). The summed E-state index contributed by atoms with van der Waals surface area (Å²) in [6.45, 7) is 0.265. The van der Waals surface area contributed by atoms with Crippen molar-refractivity contribution in [2.75, 3.05) is 0 Å². The summed E-state index contributed by atoms with van der Waals surface area (Å²) in [5.41, 5.74) is 5.91. The molecular weight excluding hydrogens is 403 g/mol. The Morgan fingerprint density at radius 2 is 1.79 bits per heavy atom. The number of benzene rings is 1. The van der Waals surface area contributed by atoms with Crippen molar-refractivity contribution in [2.24, 2.45) is 5.73 Å². The second-order valence-electron chi connectivity index (χ2n) is 6.19. The Morgan fingerprint density at radius 1 is 1.21 bits per heavy atom. The van der Waals surface area contributed by atoms with Crippen LogP contribution in [0.15, 0.2) is 28.7 Å². The third kappa shape index (κ3) is 7.01. The molecule has 0 bridgehead atoms. The van der Waals surface area contributed by atoms with Gasteiger partial charge in [0.25, 0.3) is 5.89 Å². The van der Waals surface area contributed by atoms with Crippen LogP contribution in [0.3, 0.4) is 0 Å². The highest BCUT2D eigenvalue weighted by atomic mass is 35.5. The number of ether oxygens (including phenoxy) is 1. The molecule has 154 valence electrons. The van der Waals surface area contributed by atoms with Gasteiger partial charge in [-0.3, -0.25) is 0 Å². The van der Waals surface area contributed by atoms with E-state index in [-0.39, 0.29) is 6.61 Å². The van der Waals surface area contributed by atoms with Crippen molar-refractivity contribution in [3.63, 3.8) is 0 Å². The number of hydrogen-bond acceptors (Lipinski definition) is 6. The zero-order valence-corrected chi connectivity index (χ0v) is 15.4. The number of alkyl halides is 3. The average Bonchev–Trinajstić information content (AvgIpc) is 3.10. The van der Waals surface area contributed by atoms with Gasteiger partial charge in [-0.15, -0.1) is 10.2 Å². The van der Waals surface area contributed by atoms with E-state index in [2.05, 4.69) is 10.2 Å². The third-order valence-electron chi connectivity index (χ3n) is 4.02. The van der Waals surface area contributed by atoms with E-state index < -0.39 is 12.1 Å². The average molecular weight is 422 g/mol. The Kier molecular flexibility index (Phi) is 7.64. The summed E-state index contributed by atoms with van der Waals surface area (Å²) in [6.07, 6.45) is -1.02. The molecule has 11 heteroatoms. The van der Waals surface area contributed by atoms with Crippen LogP contribution in [-0.4, -0.2) is 33.5 Å². The van der Waals surface area contributed by atoms with Crippen molar-refractivity contribution >= 4 is 17.6 Å². The molecule has 1 fully saturated rings. The summed E-state index contributed by atoms with van der Waals surface area (Å²) in [5.74, 6) is -0.497. The maximum absolute atomic E-state index is 10.6. The molecule has 1 heterocycles. The Labute approximate surface area is 163 Å². The number of nitrogens with two attached hydrogens (primary N) is 1. The van der Waals surface area contributed by atoms with Gasteiger partial charge in [0.15, 0.2) is 6.61 Å². The molecule has 0 amide bonds. The molecule has 1 aromatic heterocycles. The molecule has 0 radical (unpaired) electrons. The van der Waals surface area contributed by atoms with Crippen LogP contribution in [0.2, 0.25) is 5.02 Å². The molecule has 28 heavy (non-hydrogen) atoms. The molecular formula is C17H19ClF3N3O4. The van der Waals surface area contributed by atoms with Crippen molar-refractivity contribution in [1.82, 2.24) is 10.2 Å². The summed E-state index contributed by atoms with van der Waals surface area (Å²) in [4.78, 5) is 8.90. The van der Waals surface area contributed by atoms with E-state index in [4.69, 9.17) is 36.4 Å². The van der Waals surface area contributed by atoms with E-state index >= 15 is 0 Å². The quantitative estimate of drug-likeness (QED) is 0.769. The lowest BCUT2D eigenvalue weighted by Gasteiger charge is -2.23. The summed E-state index contributed by atoms with van der Waals surface area (Å²) in [5, 5.41) is 16.0. The van der Waals surface area contributed by atoms with Crippen molar-refractivity contribution < 1.29 is 32.2 Å². The molecule has 0 saturated heterocycles. The van der Waals surface area contributed by atoms with Gasteiger partial charge in [0.1, 0.15) is 5.75 Å². The zero-order chi connectivity index (χ0) is 20.7. The number of aromatic nitrogens is 2. The first-order chi connectivity index (χ1) is 13.1. The maximum atomic E-state index is 10.6. The van der Waals surface area contributed by atoms with Gasteiger partial charge in [0.2, 0.25) is 5.89 Å². The van der Waals surface area contributed by atoms with Crippen LogP contribution in [0.5, 0.6) is 5.75 Å². The lowest BCUT2D eigenvalue weighted by Crippen LogP contribution is -2.25. The Hall–Kier alpha value is -2.33. The molecule has 0 atom stereocenters. The van der Waals surface area contributed by atoms with Crippen LogP contribution in [0, 0.1) is 0 Å². The zero-order valence-electron chi connectivity index (χ0n) is 14.7. The van der Waals surface area contributed by atoms with Crippen LogP contribution < -0.4 is 10.5 Å². The van der Waals surface area contributed by atoms with E-state index in [1.165, 1.54) is 0 Å². The van der Waals surface area contributed by atoms with Gasteiger partial charge in [0.05, 0.1) is 0 Å².